The van der Waals surface area contributed by atoms with Crippen molar-refractivity contribution in [1.29, 1.82) is 0 Å². The molecule has 0 spiro atoms. The number of nitrogens with zero attached hydrogens (tertiary/aromatic N) is 4. The number of benzene rings is 1. The van der Waals surface area contributed by atoms with E-state index in [9.17, 15) is 48.3 Å². The lowest BCUT2D eigenvalue weighted by molar-refractivity contribution is -0.145. The van der Waals surface area contributed by atoms with Crippen molar-refractivity contribution in [2.24, 2.45) is 0 Å². The average Bonchev–Trinajstić information content (AvgIpc) is 3.29. The molecule has 1 N–H and O–H groups in total. The Morgan fingerprint density at radius 2 is 1.60 bits per heavy atom. The molecule has 3 aromatic rings. The van der Waals surface area contributed by atoms with Gasteiger partial charge in [0.1, 0.15) is 18.0 Å². The summed E-state index contributed by atoms with van der Waals surface area (Å²) in [4.78, 5) is 21.9. The summed E-state index contributed by atoms with van der Waals surface area (Å²) >= 11 is 0. The van der Waals surface area contributed by atoms with Crippen molar-refractivity contribution in [2.75, 3.05) is 6.54 Å². The number of alkyl halides is 7. The van der Waals surface area contributed by atoms with Crippen LogP contribution in [0.3, 0.4) is 0 Å². The molecule has 0 bridgehead atoms. The van der Waals surface area contributed by atoms with E-state index in [1.807, 2.05) is 0 Å². The zero-order chi connectivity index (χ0) is 29.5. The third-order valence-electron chi connectivity index (χ3n) is 5.82. The highest BCUT2D eigenvalue weighted by atomic mass is 32.2. The summed E-state index contributed by atoms with van der Waals surface area (Å²) in [5.74, 6) is -3.25. The lowest BCUT2D eigenvalue weighted by Crippen LogP contribution is -2.45. The van der Waals surface area contributed by atoms with E-state index in [0.717, 1.165) is 36.5 Å². The second-order valence-corrected chi connectivity index (χ2v) is 10.5. The van der Waals surface area contributed by atoms with Crippen LogP contribution in [0.4, 0.5) is 35.1 Å². The van der Waals surface area contributed by atoms with Crippen LogP contribution in [0, 0.1) is 5.82 Å². The summed E-state index contributed by atoms with van der Waals surface area (Å²) in [6.07, 6.45) is -10.3. The predicted molar refractivity (Wildman–Crippen MR) is 121 cm³/mol. The first kappa shape index (κ1) is 29.3. The van der Waals surface area contributed by atoms with Gasteiger partial charge >= 0.3 is 12.4 Å². The molecule has 0 radical (unpaired) electrons. The molecule has 0 aliphatic carbocycles. The maximum absolute atomic E-state index is 14.2. The monoisotopic (exact) mass is 595 g/mol. The number of carbonyl (C=O) groups excluding carboxylic acids is 1. The lowest BCUT2D eigenvalue weighted by Gasteiger charge is -2.23. The molecule has 8 nitrogen and oxygen atoms in total. The average molecular weight is 595 g/mol. The van der Waals surface area contributed by atoms with Gasteiger partial charge in [0.2, 0.25) is 21.8 Å². The maximum Gasteiger partial charge on any atom is 0.451 e. The Labute approximate surface area is 221 Å². The number of aromatic nitrogens is 3. The summed E-state index contributed by atoms with van der Waals surface area (Å²) < 4.78 is 133. The number of hydrogen-bond donors (Lipinski definition) is 1. The summed E-state index contributed by atoms with van der Waals surface area (Å²) in [7, 11) is -4.41. The van der Waals surface area contributed by atoms with Gasteiger partial charge in [-0.2, -0.15) is 30.6 Å². The van der Waals surface area contributed by atoms with Crippen LogP contribution in [0.5, 0.6) is 0 Å². The molecular weight excluding hydrogens is 578 g/mol. The molecule has 1 aromatic carbocycles. The molecule has 0 unspecified atom stereocenters. The largest absolute Gasteiger partial charge is 0.451 e. The lowest BCUT2D eigenvalue weighted by atomic mass is 10.0. The van der Waals surface area contributed by atoms with Gasteiger partial charge in [-0.25, -0.2) is 27.2 Å². The fourth-order valence-electron chi connectivity index (χ4n) is 3.97. The number of amides is 1. The molecule has 1 aliphatic rings. The van der Waals surface area contributed by atoms with E-state index in [1.165, 1.54) is 0 Å². The van der Waals surface area contributed by atoms with Crippen molar-refractivity contribution in [3.8, 4) is 11.1 Å². The maximum atomic E-state index is 14.2. The molecule has 17 heteroatoms. The van der Waals surface area contributed by atoms with Gasteiger partial charge in [0.05, 0.1) is 4.90 Å². The van der Waals surface area contributed by atoms with E-state index in [4.69, 9.17) is 0 Å². The van der Waals surface area contributed by atoms with Gasteiger partial charge in [0, 0.05) is 49.2 Å². The first-order chi connectivity index (χ1) is 18.6. The number of nitrogens with one attached hydrogen (secondary N) is 1. The molecule has 1 aliphatic heterocycles. The molecule has 214 valence electrons. The molecule has 4 rings (SSSR count). The first-order valence-corrected chi connectivity index (χ1v) is 12.7. The van der Waals surface area contributed by atoms with E-state index < -0.39 is 88.5 Å². The number of hydrogen-bond acceptors (Lipinski definition) is 6. The van der Waals surface area contributed by atoms with E-state index in [1.54, 1.807) is 0 Å². The van der Waals surface area contributed by atoms with Crippen LogP contribution in [0.1, 0.15) is 23.5 Å². The Hall–Kier alpha value is -3.73. The molecule has 1 amide bonds. The number of carbonyl (C=O) groups is 1. The van der Waals surface area contributed by atoms with Crippen molar-refractivity contribution in [3.63, 3.8) is 0 Å². The number of halogens is 8. The van der Waals surface area contributed by atoms with Crippen LogP contribution in [-0.4, -0.2) is 52.3 Å². The van der Waals surface area contributed by atoms with Gasteiger partial charge in [0.15, 0.2) is 5.69 Å². The van der Waals surface area contributed by atoms with Gasteiger partial charge in [0.25, 0.3) is 0 Å². The van der Waals surface area contributed by atoms with Gasteiger partial charge in [-0.05, 0) is 35.9 Å². The number of sulfonamides is 1. The molecule has 1 saturated heterocycles. The van der Waals surface area contributed by atoms with Crippen molar-refractivity contribution in [3.05, 3.63) is 71.8 Å². The highest BCUT2D eigenvalue weighted by Crippen LogP contribution is 2.36. The van der Waals surface area contributed by atoms with Crippen molar-refractivity contribution in [1.82, 2.24) is 24.6 Å². The summed E-state index contributed by atoms with van der Waals surface area (Å²) in [6.45, 7) is -1.14. The third kappa shape index (κ3) is 6.19. The van der Waals surface area contributed by atoms with Crippen LogP contribution in [0.15, 0.2) is 53.8 Å². The van der Waals surface area contributed by atoms with Crippen LogP contribution in [-0.2, 0) is 33.7 Å². The second-order valence-electron chi connectivity index (χ2n) is 8.63. The van der Waals surface area contributed by atoms with Gasteiger partial charge < -0.3 is 5.32 Å². The second kappa shape index (κ2) is 10.7. The van der Waals surface area contributed by atoms with E-state index in [2.05, 4.69) is 20.3 Å². The first-order valence-electron chi connectivity index (χ1n) is 11.2. The SMILES string of the molecule is O=C(NCc1cnc(C(F)(F)F)c(-c2cnc(C(F)(F)F)nc2)c1)[C@@H]1C[C@@H](F)CN1S(=O)(=O)c1ccc(F)cc1. The molecule has 0 saturated carbocycles. The van der Waals surface area contributed by atoms with Crippen LogP contribution >= 0.6 is 0 Å². The predicted octanol–water partition coefficient (Wildman–Crippen LogP) is 4.13. The quantitative estimate of drug-likeness (QED) is 0.430. The van der Waals surface area contributed by atoms with Gasteiger partial charge in [-0.15, -0.1) is 0 Å². The Morgan fingerprint density at radius 1 is 0.975 bits per heavy atom. The molecule has 2 atom stereocenters. The van der Waals surface area contributed by atoms with Crippen LogP contribution < -0.4 is 5.32 Å². The van der Waals surface area contributed by atoms with Crippen LogP contribution in [0.2, 0.25) is 0 Å². The molecule has 3 heterocycles. The molecule has 2 aromatic heterocycles. The summed E-state index contributed by atoms with van der Waals surface area (Å²) in [6, 6.07) is 3.04. The fraction of sp³-hybridized carbons (Fsp3) is 0.304. The Kier molecular flexibility index (Phi) is 7.81. The smallest absolute Gasteiger partial charge is 0.351 e. The summed E-state index contributed by atoms with van der Waals surface area (Å²) in [5, 5.41) is 2.32. The van der Waals surface area contributed by atoms with Crippen molar-refractivity contribution in [2.45, 2.75) is 42.4 Å². The minimum Gasteiger partial charge on any atom is -0.351 e. The van der Waals surface area contributed by atoms with Gasteiger partial charge in [-0.1, -0.05) is 0 Å². The van der Waals surface area contributed by atoms with Crippen LogP contribution in [0.25, 0.3) is 11.1 Å². The molecule has 1 fully saturated rings. The zero-order valence-electron chi connectivity index (χ0n) is 19.8. The van der Waals surface area contributed by atoms with Gasteiger partial charge in [-0.3, -0.25) is 9.78 Å². The number of pyridine rings is 1. The molecule has 40 heavy (non-hydrogen) atoms. The van der Waals surface area contributed by atoms with Crippen molar-refractivity contribution >= 4 is 15.9 Å². The number of rotatable bonds is 6. The third-order valence-corrected chi connectivity index (χ3v) is 7.71. The van der Waals surface area contributed by atoms with E-state index >= 15 is 0 Å². The fourth-order valence-corrected chi connectivity index (χ4v) is 5.60. The zero-order valence-corrected chi connectivity index (χ0v) is 20.7. The molecular formula is C23H17F8N5O3S. The Morgan fingerprint density at radius 3 is 2.17 bits per heavy atom. The highest BCUT2D eigenvalue weighted by molar-refractivity contribution is 7.89. The normalized spacial score (nSPS) is 18.6. The standard InChI is InChI=1S/C23H17F8N5O3S/c24-14-1-3-16(4-2-14)40(38,39)36-11-15(25)6-18(36)20(37)33-8-12-5-17(19(32-7-12)22(26,27)28)13-9-34-21(35-10-13)23(29,30)31/h1-5,7,9-10,15,18H,6,8,11H2,(H,33,37)/t15-,18+/m1/s1. The van der Waals surface area contributed by atoms with E-state index in [0.29, 0.717) is 16.7 Å². The highest BCUT2D eigenvalue weighted by Gasteiger charge is 2.44. The van der Waals surface area contributed by atoms with E-state index in [-0.39, 0.29) is 10.5 Å². The minimum atomic E-state index is -5.00. The van der Waals surface area contributed by atoms with Crippen molar-refractivity contribution < 1.29 is 48.3 Å². The topological polar surface area (TPSA) is 105 Å². The summed E-state index contributed by atoms with van der Waals surface area (Å²) in [5.41, 5.74) is -2.59. The minimum absolute atomic E-state index is 0.0426. The Balaban J connectivity index is 1.57. The Bertz CT molecular complexity index is 1500.